The van der Waals surface area contributed by atoms with E-state index in [9.17, 15) is 14.4 Å². The number of amides is 3. The Kier molecular flexibility index (Phi) is 8.01. The van der Waals surface area contributed by atoms with Gasteiger partial charge in [-0.1, -0.05) is 84.3 Å². The summed E-state index contributed by atoms with van der Waals surface area (Å²) in [5.74, 6) is -1.25. The van der Waals surface area contributed by atoms with Crippen molar-refractivity contribution in [1.82, 2.24) is 25.7 Å². The van der Waals surface area contributed by atoms with Gasteiger partial charge in [-0.25, -0.2) is 4.98 Å². The van der Waals surface area contributed by atoms with Crippen molar-refractivity contribution in [2.45, 2.75) is 12.1 Å². The standard InChI is InChI=1S/C24H21N5O3S3/c1-15(11-16-7-3-2-4-8-16)12-19-22(32)29(24(33)35-19)13-20(30)27-28-21(31)14-34-23-25-17-9-5-6-10-18(17)26-23/h2-12H,13-14H2,1H3,(H,25,26)(H,27,30)(H,28,31). The fourth-order valence-electron chi connectivity index (χ4n) is 3.19. The van der Waals surface area contributed by atoms with Crippen molar-refractivity contribution in [1.29, 1.82) is 0 Å². The summed E-state index contributed by atoms with van der Waals surface area (Å²) in [5.41, 5.74) is 8.27. The summed E-state index contributed by atoms with van der Waals surface area (Å²) in [6.45, 7) is 1.60. The molecule has 0 radical (unpaired) electrons. The molecule has 3 N–H and O–H groups in total. The molecule has 1 aromatic heterocycles. The zero-order valence-electron chi connectivity index (χ0n) is 18.6. The average molecular weight is 524 g/mol. The predicted molar refractivity (Wildman–Crippen MR) is 143 cm³/mol. The van der Waals surface area contributed by atoms with E-state index in [1.165, 1.54) is 16.7 Å². The molecule has 0 spiro atoms. The van der Waals surface area contributed by atoms with Crippen LogP contribution >= 0.6 is 35.7 Å². The topological polar surface area (TPSA) is 107 Å². The number of nitrogens with one attached hydrogen (secondary N) is 3. The first-order valence-electron chi connectivity index (χ1n) is 10.5. The fraction of sp³-hybridized carbons (Fsp3) is 0.125. The molecule has 1 saturated heterocycles. The molecule has 3 aromatic rings. The third kappa shape index (κ3) is 6.59. The van der Waals surface area contributed by atoms with Crippen LogP contribution in [-0.2, 0) is 14.4 Å². The lowest BCUT2D eigenvalue weighted by Crippen LogP contribution is -2.47. The van der Waals surface area contributed by atoms with Gasteiger partial charge in [-0.05, 0) is 36.3 Å². The number of carbonyl (C=O) groups excluding carboxylic acids is 3. The molecular weight excluding hydrogens is 502 g/mol. The highest BCUT2D eigenvalue weighted by Crippen LogP contribution is 2.31. The Labute approximate surface area is 215 Å². The predicted octanol–water partition coefficient (Wildman–Crippen LogP) is 3.65. The number of imidazole rings is 1. The molecule has 0 unspecified atom stereocenters. The second-order valence-corrected chi connectivity index (χ2v) is 10.2. The number of H-pyrrole nitrogens is 1. The van der Waals surface area contributed by atoms with Gasteiger partial charge >= 0.3 is 0 Å². The Morgan fingerprint density at radius 2 is 1.83 bits per heavy atom. The molecule has 0 aliphatic carbocycles. The van der Waals surface area contributed by atoms with Gasteiger partial charge in [0.25, 0.3) is 11.8 Å². The van der Waals surface area contributed by atoms with Crippen LogP contribution in [-0.4, -0.2) is 49.2 Å². The molecule has 0 bridgehead atoms. The number of hydrogen-bond donors (Lipinski definition) is 3. The van der Waals surface area contributed by atoms with Gasteiger partial charge in [0.05, 0.1) is 21.7 Å². The summed E-state index contributed by atoms with van der Waals surface area (Å²) in [5, 5.41) is 0.605. The minimum absolute atomic E-state index is 0.0525. The van der Waals surface area contributed by atoms with Crippen LogP contribution in [0.25, 0.3) is 17.1 Å². The fourth-order valence-corrected chi connectivity index (χ4v) is 5.18. The number of aromatic nitrogens is 2. The molecule has 4 rings (SSSR count). The van der Waals surface area contributed by atoms with E-state index in [-0.39, 0.29) is 22.5 Å². The Bertz CT molecular complexity index is 1320. The Hall–Kier alpha value is -3.41. The molecule has 35 heavy (non-hydrogen) atoms. The first-order valence-corrected chi connectivity index (χ1v) is 12.7. The van der Waals surface area contributed by atoms with Crippen LogP contribution in [0.3, 0.4) is 0 Å². The number of thioether (sulfide) groups is 2. The van der Waals surface area contributed by atoms with Crippen molar-refractivity contribution in [3.63, 3.8) is 0 Å². The quantitative estimate of drug-likeness (QED) is 0.188. The summed E-state index contributed by atoms with van der Waals surface area (Å²) in [7, 11) is 0. The van der Waals surface area contributed by atoms with Gasteiger partial charge in [0, 0.05) is 0 Å². The van der Waals surface area contributed by atoms with Crippen molar-refractivity contribution in [3.05, 3.63) is 76.7 Å². The van der Waals surface area contributed by atoms with E-state index in [0.717, 1.165) is 33.9 Å². The maximum atomic E-state index is 12.8. The van der Waals surface area contributed by atoms with Gasteiger partial charge in [0.2, 0.25) is 5.91 Å². The maximum Gasteiger partial charge on any atom is 0.266 e. The van der Waals surface area contributed by atoms with E-state index >= 15 is 0 Å². The van der Waals surface area contributed by atoms with Crippen molar-refractivity contribution >= 4 is 74.9 Å². The minimum atomic E-state index is -0.554. The van der Waals surface area contributed by atoms with Crippen LogP contribution in [0.2, 0.25) is 0 Å². The lowest BCUT2D eigenvalue weighted by atomic mass is 10.1. The van der Waals surface area contributed by atoms with E-state index < -0.39 is 11.8 Å². The number of aromatic amines is 1. The molecular formula is C24H21N5O3S3. The lowest BCUT2D eigenvalue weighted by Gasteiger charge is -2.14. The van der Waals surface area contributed by atoms with Crippen molar-refractivity contribution < 1.29 is 14.4 Å². The number of nitrogens with zero attached hydrogens (tertiary/aromatic N) is 2. The molecule has 0 atom stereocenters. The van der Waals surface area contributed by atoms with Gasteiger partial charge in [-0.2, -0.15) is 0 Å². The van der Waals surface area contributed by atoms with Crippen LogP contribution in [0.1, 0.15) is 12.5 Å². The van der Waals surface area contributed by atoms with E-state index in [0.29, 0.717) is 10.1 Å². The lowest BCUT2D eigenvalue weighted by molar-refractivity contribution is -0.131. The van der Waals surface area contributed by atoms with Gasteiger partial charge in [0.15, 0.2) is 5.16 Å². The molecule has 1 aliphatic heterocycles. The number of fused-ring (bicyclic) bond motifs is 1. The zero-order valence-corrected chi connectivity index (χ0v) is 21.1. The number of para-hydroxylation sites is 2. The number of allylic oxidation sites excluding steroid dienone is 2. The number of hydrazine groups is 1. The van der Waals surface area contributed by atoms with Gasteiger partial charge in [-0.15, -0.1) is 0 Å². The third-order valence-electron chi connectivity index (χ3n) is 4.78. The van der Waals surface area contributed by atoms with Crippen LogP contribution < -0.4 is 10.9 Å². The van der Waals surface area contributed by atoms with Gasteiger partial charge in [-0.3, -0.25) is 30.1 Å². The molecule has 178 valence electrons. The monoisotopic (exact) mass is 523 g/mol. The SMILES string of the molecule is CC(=Cc1ccccc1)C=C1SC(=S)N(CC(=O)NNC(=O)CSc2nc3ccccc3[nH]2)C1=O. The van der Waals surface area contributed by atoms with Crippen molar-refractivity contribution in [2.24, 2.45) is 0 Å². The summed E-state index contributed by atoms with van der Waals surface area (Å²) in [4.78, 5) is 46.3. The second kappa shape index (κ2) is 11.3. The largest absolute Gasteiger partial charge is 0.333 e. The number of carbonyl (C=O) groups is 3. The first kappa shape index (κ1) is 24.7. The normalized spacial score (nSPS) is 15.2. The first-order chi connectivity index (χ1) is 16.9. The van der Waals surface area contributed by atoms with Crippen LogP contribution in [0.15, 0.2) is 76.3 Å². The highest BCUT2D eigenvalue weighted by molar-refractivity contribution is 8.26. The molecule has 2 heterocycles. The average Bonchev–Trinajstić information content (AvgIpc) is 3.38. The Balaban J connectivity index is 1.25. The summed E-state index contributed by atoms with van der Waals surface area (Å²) >= 11 is 7.64. The highest BCUT2D eigenvalue weighted by Gasteiger charge is 2.33. The highest BCUT2D eigenvalue weighted by atomic mass is 32.2. The molecule has 2 aromatic carbocycles. The molecule has 1 fully saturated rings. The van der Waals surface area contributed by atoms with Crippen molar-refractivity contribution in [3.8, 4) is 0 Å². The number of thiocarbonyl (C=S) groups is 1. The maximum absolute atomic E-state index is 12.8. The summed E-state index contributed by atoms with van der Waals surface area (Å²) < 4.78 is 0.288. The molecule has 3 amide bonds. The number of rotatable bonds is 7. The number of hydrogen-bond acceptors (Lipinski definition) is 7. The molecule has 8 nitrogen and oxygen atoms in total. The third-order valence-corrected chi connectivity index (χ3v) is 7.03. The summed E-state index contributed by atoms with van der Waals surface area (Å²) in [6.07, 6.45) is 3.71. The molecule has 11 heteroatoms. The van der Waals surface area contributed by atoms with Crippen LogP contribution in [0.4, 0.5) is 0 Å². The second-order valence-electron chi connectivity index (χ2n) is 7.51. The zero-order chi connectivity index (χ0) is 24.8. The van der Waals surface area contributed by atoms with E-state index in [1.807, 2.05) is 67.6 Å². The van der Waals surface area contributed by atoms with Gasteiger partial charge < -0.3 is 4.98 Å². The van der Waals surface area contributed by atoms with E-state index in [2.05, 4.69) is 20.8 Å². The molecule has 1 aliphatic rings. The van der Waals surface area contributed by atoms with Crippen molar-refractivity contribution in [2.75, 3.05) is 12.3 Å². The Morgan fingerprint density at radius 3 is 2.60 bits per heavy atom. The smallest absolute Gasteiger partial charge is 0.266 e. The minimum Gasteiger partial charge on any atom is -0.333 e. The van der Waals surface area contributed by atoms with Crippen LogP contribution in [0, 0.1) is 0 Å². The van der Waals surface area contributed by atoms with E-state index in [4.69, 9.17) is 12.2 Å². The summed E-state index contributed by atoms with van der Waals surface area (Å²) in [6, 6.07) is 17.3. The van der Waals surface area contributed by atoms with Gasteiger partial charge in [0.1, 0.15) is 10.9 Å². The Morgan fingerprint density at radius 1 is 1.11 bits per heavy atom. The molecule has 0 saturated carbocycles. The van der Waals surface area contributed by atoms with E-state index in [1.54, 1.807) is 6.08 Å². The van der Waals surface area contributed by atoms with Crippen LogP contribution in [0.5, 0.6) is 0 Å². The number of benzene rings is 2.